The number of benzene rings is 2. The topological polar surface area (TPSA) is 50.4 Å². The summed E-state index contributed by atoms with van der Waals surface area (Å²) in [7, 11) is 1.55. The van der Waals surface area contributed by atoms with Gasteiger partial charge in [0.1, 0.15) is 5.75 Å². The summed E-state index contributed by atoms with van der Waals surface area (Å²) < 4.78 is 5.18. The standard InChI is InChI=1S/C16H17ClN2O2/c1-21-15-8-7-13(17)9-14(15)19-16(20)11-18-10-12-5-3-2-4-6-12/h2-9,18H,10-11H2,1H3,(H,19,20). The molecule has 0 unspecified atom stereocenters. The van der Waals surface area contributed by atoms with Gasteiger partial charge >= 0.3 is 0 Å². The maximum Gasteiger partial charge on any atom is 0.238 e. The van der Waals surface area contributed by atoms with Crippen molar-refractivity contribution in [2.24, 2.45) is 0 Å². The Morgan fingerprint density at radius 1 is 1.19 bits per heavy atom. The maximum atomic E-state index is 11.9. The fraction of sp³-hybridized carbons (Fsp3) is 0.188. The Morgan fingerprint density at radius 2 is 1.95 bits per heavy atom. The molecule has 4 nitrogen and oxygen atoms in total. The van der Waals surface area contributed by atoms with E-state index in [1.165, 1.54) is 0 Å². The van der Waals surface area contributed by atoms with Crippen molar-refractivity contribution in [3.63, 3.8) is 0 Å². The summed E-state index contributed by atoms with van der Waals surface area (Å²) in [6.45, 7) is 0.853. The molecule has 5 heteroatoms. The molecule has 0 spiro atoms. The first kappa shape index (κ1) is 15.4. The van der Waals surface area contributed by atoms with Crippen LogP contribution in [0.2, 0.25) is 5.02 Å². The van der Waals surface area contributed by atoms with E-state index in [0.717, 1.165) is 5.56 Å². The minimum absolute atomic E-state index is 0.147. The largest absolute Gasteiger partial charge is 0.495 e. The quantitative estimate of drug-likeness (QED) is 0.862. The van der Waals surface area contributed by atoms with Gasteiger partial charge in [0, 0.05) is 11.6 Å². The fourth-order valence-corrected chi connectivity index (χ4v) is 2.06. The highest BCUT2D eigenvalue weighted by Crippen LogP contribution is 2.27. The van der Waals surface area contributed by atoms with E-state index in [1.807, 2.05) is 30.3 Å². The predicted molar refractivity (Wildman–Crippen MR) is 84.8 cm³/mol. The van der Waals surface area contributed by atoms with Crippen LogP contribution >= 0.6 is 11.6 Å². The zero-order chi connectivity index (χ0) is 15.1. The highest BCUT2D eigenvalue weighted by molar-refractivity contribution is 6.31. The lowest BCUT2D eigenvalue weighted by atomic mass is 10.2. The lowest BCUT2D eigenvalue weighted by Crippen LogP contribution is -2.27. The number of carbonyl (C=O) groups excluding carboxylic acids is 1. The Bertz CT molecular complexity index is 602. The molecule has 0 aliphatic heterocycles. The molecule has 0 fully saturated rings. The average Bonchev–Trinajstić information content (AvgIpc) is 2.48. The monoisotopic (exact) mass is 304 g/mol. The molecule has 2 aromatic rings. The first-order valence-electron chi connectivity index (χ1n) is 6.57. The molecular weight excluding hydrogens is 288 g/mol. The first-order chi connectivity index (χ1) is 10.2. The highest BCUT2D eigenvalue weighted by atomic mass is 35.5. The molecule has 21 heavy (non-hydrogen) atoms. The average molecular weight is 305 g/mol. The SMILES string of the molecule is COc1ccc(Cl)cc1NC(=O)CNCc1ccccc1. The van der Waals surface area contributed by atoms with Crippen LogP contribution in [-0.2, 0) is 11.3 Å². The molecule has 0 bridgehead atoms. The Hall–Kier alpha value is -2.04. The van der Waals surface area contributed by atoms with E-state index in [2.05, 4.69) is 10.6 Å². The van der Waals surface area contributed by atoms with Crippen LogP contribution in [0.1, 0.15) is 5.56 Å². The molecule has 2 rings (SSSR count). The van der Waals surface area contributed by atoms with Gasteiger partial charge in [0.2, 0.25) is 5.91 Å². The van der Waals surface area contributed by atoms with E-state index in [9.17, 15) is 4.79 Å². The minimum atomic E-state index is -0.147. The Labute approximate surface area is 129 Å². The molecule has 0 aliphatic carbocycles. The van der Waals surface area contributed by atoms with E-state index < -0.39 is 0 Å². The lowest BCUT2D eigenvalue weighted by molar-refractivity contribution is -0.115. The maximum absolute atomic E-state index is 11.9. The van der Waals surface area contributed by atoms with Crippen molar-refractivity contribution in [3.8, 4) is 5.75 Å². The second-order valence-electron chi connectivity index (χ2n) is 4.48. The molecule has 0 aliphatic rings. The molecule has 0 saturated heterocycles. The van der Waals surface area contributed by atoms with Crippen molar-refractivity contribution < 1.29 is 9.53 Å². The van der Waals surface area contributed by atoms with Gasteiger partial charge in [-0.1, -0.05) is 41.9 Å². The van der Waals surface area contributed by atoms with Gasteiger partial charge < -0.3 is 15.4 Å². The molecule has 0 radical (unpaired) electrons. The molecule has 110 valence electrons. The molecule has 0 aromatic heterocycles. The van der Waals surface area contributed by atoms with Crippen LogP contribution < -0.4 is 15.4 Å². The number of anilines is 1. The van der Waals surface area contributed by atoms with Crippen molar-refractivity contribution in [2.45, 2.75) is 6.54 Å². The van der Waals surface area contributed by atoms with Gasteiger partial charge in [0.25, 0.3) is 0 Å². The van der Waals surface area contributed by atoms with Crippen LogP contribution in [0.15, 0.2) is 48.5 Å². The third kappa shape index (κ3) is 4.77. The lowest BCUT2D eigenvalue weighted by Gasteiger charge is -2.11. The second-order valence-corrected chi connectivity index (χ2v) is 4.92. The van der Waals surface area contributed by atoms with Crippen LogP contribution in [-0.4, -0.2) is 19.6 Å². The number of ether oxygens (including phenoxy) is 1. The molecule has 0 saturated carbocycles. The Kier molecular flexibility index (Phi) is 5.60. The predicted octanol–water partition coefficient (Wildman–Crippen LogP) is 3.08. The number of hydrogen-bond acceptors (Lipinski definition) is 3. The van der Waals surface area contributed by atoms with Crippen molar-refractivity contribution in [2.75, 3.05) is 19.0 Å². The summed E-state index contributed by atoms with van der Waals surface area (Å²) in [5.74, 6) is 0.433. The summed E-state index contributed by atoms with van der Waals surface area (Å²) in [6.07, 6.45) is 0. The summed E-state index contributed by atoms with van der Waals surface area (Å²) in [6, 6.07) is 15.0. The molecule has 0 heterocycles. The van der Waals surface area contributed by atoms with Gasteiger partial charge in [-0.3, -0.25) is 4.79 Å². The highest BCUT2D eigenvalue weighted by Gasteiger charge is 2.08. The zero-order valence-corrected chi connectivity index (χ0v) is 12.5. The smallest absolute Gasteiger partial charge is 0.238 e. The van der Waals surface area contributed by atoms with E-state index in [-0.39, 0.29) is 12.5 Å². The summed E-state index contributed by atoms with van der Waals surface area (Å²) in [4.78, 5) is 11.9. The summed E-state index contributed by atoms with van der Waals surface area (Å²) in [5, 5.41) is 6.41. The van der Waals surface area contributed by atoms with E-state index >= 15 is 0 Å². The number of amides is 1. The Balaban J connectivity index is 1.86. The van der Waals surface area contributed by atoms with Crippen LogP contribution in [0.4, 0.5) is 5.69 Å². The normalized spacial score (nSPS) is 10.2. The van der Waals surface area contributed by atoms with E-state index in [0.29, 0.717) is 23.0 Å². The van der Waals surface area contributed by atoms with E-state index in [4.69, 9.17) is 16.3 Å². The van der Waals surface area contributed by atoms with Crippen LogP contribution in [0.5, 0.6) is 5.75 Å². The van der Waals surface area contributed by atoms with Gasteiger partial charge in [-0.25, -0.2) is 0 Å². The van der Waals surface area contributed by atoms with Crippen molar-refractivity contribution in [1.29, 1.82) is 0 Å². The third-order valence-electron chi connectivity index (χ3n) is 2.89. The van der Waals surface area contributed by atoms with Crippen LogP contribution in [0, 0.1) is 0 Å². The van der Waals surface area contributed by atoms with E-state index in [1.54, 1.807) is 25.3 Å². The molecular formula is C16H17ClN2O2. The second kappa shape index (κ2) is 7.67. The first-order valence-corrected chi connectivity index (χ1v) is 6.95. The van der Waals surface area contributed by atoms with Gasteiger partial charge in [0.05, 0.1) is 19.3 Å². The molecule has 2 N–H and O–H groups in total. The molecule has 0 atom stereocenters. The zero-order valence-electron chi connectivity index (χ0n) is 11.7. The number of hydrogen-bond donors (Lipinski definition) is 2. The van der Waals surface area contributed by atoms with Gasteiger partial charge in [-0.15, -0.1) is 0 Å². The summed E-state index contributed by atoms with van der Waals surface area (Å²) in [5.41, 5.74) is 1.70. The number of methoxy groups -OCH3 is 1. The van der Waals surface area contributed by atoms with Crippen LogP contribution in [0.3, 0.4) is 0 Å². The molecule has 1 amide bonds. The van der Waals surface area contributed by atoms with Gasteiger partial charge in [-0.2, -0.15) is 0 Å². The van der Waals surface area contributed by atoms with Crippen molar-refractivity contribution >= 4 is 23.2 Å². The molecule has 2 aromatic carbocycles. The number of carbonyl (C=O) groups is 1. The van der Waals surface area contributed by atoms with Gasteiger partial charge in [0.15, 0.2) is 0 Å². The van der Waals surface area contributed by atoms with Gasteiger partial charge in [-0.05, 0) is 23.8 Å². The minimum Gasteiger partial charge on any atom is -0.495 e. The number of rotatable bonds is 6. The third-order valence-corrected chi connectivity index (χ3v) is 3.13. The van der Waals surface area contributed by atoms with Crippen LogP contribution in [0.25, 0.3) is 0 Å². The fourth-order valence-electron chi connectivity index (χ4n) is 1.89. The Morgan fingerprint density at radius 3 is 2.67 bits per heavy atom. The summed E-state index contributed by atoms with van der Waals surface area (Å²) >= 11 is 5.92. The van der Waals surface area contributed by atoms with Crippen molar-refractivity contribution in [3.05, 3.63) is 59.1 Å². The van der Waals surface area contributed by atoms with Crippen molar-refractivity contribution in [1.82, 2.24) is 5.32 Å². The number of nitrogens with one attached hydrogen (secondary N) is 2. The number of halogens is 1.